The quantitative estimate of drug-likeness (QED) is 0.209. The number of esters is 4. The van der Waals surface area contributed by atoms with Gasteiger partial charge in [-0.05, 0) is 17.5 Å². The Bertz CT molecular complexity index is 1190. The molecule has 1 saturated heterocycles. The molecular formula is C30H38N2O10. The van der Waals surface area contributed by atoms with Crippen LogP contribution in [0.4, 0.5) is 0 Å². The molecule has 1 amide bonds. The van der Waals surface area contributed by atoms with Gasteiger partial charge in [-0.2, -0.15) is 0 Å². The van der Waals surface area contributed by atoms with Gasteiger partial charge in [-0.25, -0.2) is 4.79 Å². The second-order valence-electron chi connectivity index (χ2n) is 9.49. The molecule has 0 unspecified atom stereocenters. The van der Waals surface area contributed by atoms with Crippen LogP contribution in [0.1, 0.15) is 37.8 Å². The lowest BCUT2D eigenvalue weighted by Crippen LogP contribution is -2.45. The fraction of sp³-hybridized carbons (Fsp3) is 0.400. The standard InChI is InChI=1S/C15H19NO5.C10H13NO2.C5H6O3/c1-10(8-13(17)18)14(19)16-12(15(20)21-2)9-11-6-4-3-5-7-11;1-13-10(12)9(11)7-8-5-3-2-4-6-8;1-3-2-4(6)8-5(3)7/h3-7,10,12H,8-9H2,1-2H3,(H,16,19)(H,17,18);2-6,9H,7,11H2,1H3;3H,2H2,1H3/t10-,12-;9-;3-/m010/s1. The molecule has 0 aliphatic carbocycles. The zero-order valence-electron chi connectivity index (χ0n) is 24.1. The van der Waals surface area contributed by atoms with Crippen LogP contribution in [0.3, 0.4) is 0 Å². The first-order valence-electron chi connectivity index (χ1n) is 13.1. The highest BCUT2D eigenvalue weighted by Gasteiger charge is 2.29. The van der Waals surface area contributed by atoms with Crippen molar-refractivity contribution in [1.82, 2.24) is 5.32 Å². The largest absolute Gasteiger partial charge is 0.481 e. The topological polar surface area (TPSA) is 188 Å². The number of benzene rings is 2. The number of carbonyl (C=O) groups is 6. The van der Waals surface area contributed by atoms with E-state index in [0.29, 0.717) is 12.8 Å². The van der Waals surface area contributed by atoms with Gasteiger partial charge in [-0.3, -0.25) is 24.0 Å². The lowest BCUT2D eigenvalue weighted by molar-refractivity contribution is -0.153. The Morgan fingerprint density at radius 2 is 1.43 bits per heavy atom. The van der Waals surface area contributed by atoms with E-state index in [9.17, 15) is 28.8 Å². The summed E-state index contributed by atoms with van der Waals surface area (Å²) in [4.78, 5) is 65.8. The third-order valence-corrected chi connectivity index (χ3v) is 5.91. The van der Waals surface area contributed by atoms with E-state index >= 15 is 0 Å². The number of hydrogen-bond acceptors (Lipinski definition) is 10. The van der Waals surface area contributed by atoms with E-state index in [2.05, 4.69) is 19.5 Å². The van der Waals surface area contributed by atoms with Gasteiger partial charge >= 0.3 is 29.8 Å². The van der Waals surface area contributed by atoms with Crippen LogP contribution in [0.25, 0.3) is 0 Å². The van der Waals surface area contributed by atoms with Crippen LogP contribution < -0.4 is 11.1 Å². The summed E-state index contributed by atoms with van der Waals surface area (Å²) in [5, 5.41) is 11.2. The normalized spacial score (nSPS) is 15.7. The van der Waals surface area contributed by atoms with Gasteiger partial charge in [0.1, 0.15) is 12.1 Å². The van der Waals surface area contributed by atoms with Crippen LogP contribution in [0.15, 0.2) is 60.7 Å². The molecule has 2 aromatic rings. The van der Waals surface area contributed by atoms with Gasteiger partial charge in [-0.1, -0.05) is 74.5 Å². The number of amides is 1. The first-order valence-corrected chi connectivity index (χ1v) is 13.1. The van der Waals surface area contributed by atoms with E-state index in [0.717, 1.165) is 11.1 Å². The van der Waals surface area contributed by atoms with Crippen molar-refractivity contribution in [2.75, 3.05) is 14.2 Å². The van der Waals surface area contributed by atoms with Gasteiger partial charge in [-0.15, -0.1) is 0 Å². The number of carbonyl (C=O) groups excluding carboxylic acids is 5. The predicted molar refractivity (Wildman–Crippen MR) is 151 cm³/mol. The summed E-state index contributed by atoms with van der Waals surface area (Å²) in [7, 11) is 2.58. The fourth-order valence-electron chi connectivity index (χ4n) is 3.54. The van der Waals surface area contributed by atoms with Crippen LogP contribution in [0.5, 0.6) is 0 Å². The van der Waals surface area contributed by atoms with Gasteiger partial charge < -0.3 is 30.4 Å². The molecule has 0 bridgehead atoms. The minimum absolute atomic E-state index is 0.220. The molecule has 1 aliphatic rings. The number of aliphatic carboxylic acids is 1. The highest BCUT2D eigenvalue weighted by atomic mass is 16.6. The Labute approximate surface area is 244 Å². The number of nitrogens with one attached hydrogen (secondary N) is 1. The minimum Gasteiger partial charge on any atom is -0.481 e. The van der Waals surface area contributed by atoms with Gasteiger partial charge in [0.15, 0.2) is 0 Å². The van der Waals surface area contributed by atoms with Gasteiger partial charge in [0, 0.05) is 12.3 Å². The van der Waals surface area contributed by atoms with Crippen molar-refractivity contribution in [3.63, 3.8) is 0 Å². The molecule has 12 nitrogen and oxygen atoms in total. The SMILES string of the molecule is COC(=O)[C@H](Cc1ccccc1)NC(=O)[C@@H](C)CC(=O)O.COC(=O)[C@H](N)Cc1ccccc1.C[C@H]1CC(=O)OC1=O. The van der Waals surface area contributed by atoms with Crippen molar-refractivity contribution in [3.8, 4) is 0 Å². The zero-order valence-corrected chi connectivity index (χ0v) is 24.1. The number of nitrogens with two attached hydrogens (primary N) is 1. The summed E-state index contributed by atoms with van der Waals surface area (Å²) < 4.78 is 13.4. The van der Waals surface area contributed by atoms with Crippen molar-refractivity contribution in [2.45, 2.75) is 51.6 Å². The molecule has 4 N–H and O–H groups in total. The van der Waals surface area contributed by atoms with Crippen molar-refractivity contribution in [2.24, 2.45) is 17.6 Å². The molecule has 228 valence electrons. The summed E-state index contributed by atoms with van der Waals surface area (Å²) in [5.41, 5.74) is 7.50. The Balaban J connectivity index is 0.000000354. The van der Waals surface area contributed by atoms with E-state index in [4.69, 9.17) is 10.8 Å². The predicted octanol–water partition coefficient (Wildman–Crippen LogP) is 1.82. The zero-order chi connectivity index (χ0) is 31.7. The van der Waals surface area contributed by atoms with Crippen LogP contribution in [0, 0.1) is 11.8 Å². The Hall–Kier alpha value is -4.58. The summed E-state index contributed by atoms with van der Waals surface area (Å²) in [6.07, 6.45) is 0.774. The lowest BCUT2D eigenvalue weighted by Gasteiger charge is -2.18. The molecule has 0 saturated carbocycles. The Kier molecular flexibility index (Phi) is 15.8. The molecule has 42 heavy (non-hydrogen) atoms. The van der Waals surface area contributed by atoms with Crippen LogP contribution in [0.2, 0.25) is 0 Å². The second kappa shape index (κ2) is 18.7. The van der Waals surface area contributed by atoms with Crippen LogP contribution >= 0.6 is 0 Å². The highest BCUT2D eigenvalue weighted by molar-refractivity contribution is 5.94. The van der Waals surface area contributed by atoms with Crippen molar-refractivity contribution in [1.29, 1.82) is 0 Å². The van der Waals surface area contributed by atoms with E-state index in [1.165, 1.54) is 21.1 Å². The Morgan fingerprint density at radius 1 is 0.929 bits per heavy atom. The van der Waals surface area contributed by atoms with Crippen LogP contribution in [-0.2, 0) is 55.8 Å². The summed E-state index contributed by atoms with van der Waals surface area (Å²) in [6, 6.07) is 17.4. The first-order chi connectivity index (χ1) is 19.9. The van der Waals surface area contributed by atoms with Crippen molar-refractivity contribution in [3.05, 3.63) is 71.8 Å². The fourth-order valence-corrected chi connectivity index (χ4v) is 3.54. The third-order valence-electron chi connectivity index (χ3n) is 5.91. The number of cyclic esters (lactones) is 2. The Morgan fingerprint density at radius 3 is 1.81 bits per heavy atom. The summed E-state index contributed by atoms with van der Waals surface area (Å²) in [6.45, 7) is 3.17. The number of carboxylic acid groups (broad SMARTS) is 1. The van der Waals surface area contributed by atoms with Gasteiger partial charge in [0.05, 0.1) is 33.0 Å². The molecule has 2 aromatic carbocycles. The summed E-state index contributed by atoms with van der Waals surface area (Å²) >= 11 is 0. The van der Waals surface area contributed by atoms with E-state index in [1.807, 2.05) is 60.7 Å². The molecule has 0 radical (unpaired) electrons. The summed E-state index contributed by atoms with van der Waals surface area (Å²) in [5.74, 6) is -4.21. The number of ether oxygens (including phenoxy) is 3. The number of hydrogen-bond donors (Lipinski definition) is 3. The molecular weight excluding hydrogens is 548 g/mol. The van der Waals surface area contributed by atoms with Gasteiger partial charge in [0.2, 0.25) is 5.91 Å². The molecule has 1 heterocycles. The lowest BCUT2D eigenvalue weighted by atomic mass is 10.0. The maximum Gasteiger partial charge on any atom is 0.328 e. The number of methoxy groups -OCH3 is 2. The van der Waals surface area contributed by atoms with Gasteiger partial charge in [0.25, 0.3) is 0 Å². The molecule has 1 fully saturated rings. The molecule has 0 spiro atoms. The third kappa shape index (κ3) is 13.7. The molecule has 0 aromatic heterocycles. The smallest absolute Gasteiger partial charge is 0.328 e. The molecule has 12 heteroatoms. The van der Waals surface area contributed by atoms with E-state index < -0.39 is 47.8 Å². The average molecular weight is 587 g/mol. The van der Waals surface area contributed by atoms with E-state index in [-0.39, 0.29) is 24.7 Å². The average Bonchev–Trinajstić information content (AvgIpc) is 3.26. The number of rotatable bonds is 10. The second-order valence-corrected chi connectivity index (χ2v) is 9.49. The highest BCUT2D eigenvalue weighted by Crippen LogP contribution is 2.13. The van der Waals surface area contributed by atoms with E-state index in [1.54, 1.807) is 6.92 Å². The minimum atomic E-state index is -1.06. The monoisotopic (exact) mass is 586 g/mol. The number of carboxylic acids is 1. The molecule has 1 aliphatic heterocycles. The van der Waals surface area contributed by atoms with Crippen LogP contribution in [-0.4, -0.2) is 67.2 Å². The molecule has 3 rings (SSSR count). The van der Waals surface area contributed by atoms with Crippen molar-refractivity contribution >= 4 is 35.8 Å². The van der Waals surface area contributed by atoms with Crippen molar-refractivity contribution < 1.29 is 48.1 Å². The molecule has 4 atom stereocenters. The maximum atomic E-state index is 11.9. The maximum absolute atomic E-state index is 11.9. The first kappa shape index (κ1) is 35.4.